The van der Waals surface area contributed by atoms with Crippen LogP contribution in [0.5, 0.6) is 5.75 Å². The molecule has 1 fully saturated rings. The number of unbranched alkanes of at least 4 members (excludes halogenated alkanes) is 3. The maximum atomic E-state index is 15.1. The third-order valence-corrected chi connectivity index (χ3v) is 17.3. The second-order valence-electron chi connectivity index (χ2n) is 24.3. The van der Waals surface area contributed by atoms with E-state index in [1.807, 2.05) is 48.6 Å². The maximum Gasteiger partial charge on any atom is 0.407 e. The highest BCUT2D eigenvalue weighted by molar-refractivity contribution is 7.09. The van der Waals surface area contributed by atoms with Crippen LogP contribution >= 0.6 is 11.3 Å². The van der Waals surface area contributed by atoms with Crippen LogP contribution in [-0.4, -0.2) is 131 Å². The second kappa shape index (κ2) is 37.9. The number of anilines is 1. The van der Waals surface area contributed by atoms with Crippen molar-refractivity contribution in [2.75, 3.05) is 38.6 Å². The number of nitrogens with zero attached hydrogens (tertiary/aromatic N) is 3. The average Bonchev–Trinajstić information content (AvgIpc) is 2.06. The Labute approximate surface area is 524 Å². The number of rotatable bonds is 39. The molecule has 4 rings (SSSR count). The molecule has 2 aromatic carbocycles. The van der Waals surface area contributed by atoms with Gasteiger partial charge in [0.25, 0.3) is 5.91 Å². The third kappa shape index (κ3) is 25.0. The number of urea groups is 1. The summed E-state index contributed by atoms with van der Waals surface area (Å²) >= 11 is 1.12. The van der Waals surface area contributed by atoms with E-state index in [0.29, 0.717) is 41.9 Å². The van der Waals surface area contributed by atoms with Crippen molar-refractivity contribution in [3.8, 4) is 5.75 Å². The highest BCUT2D eigenvalue weighted by Crippen LogP contribution is 2.34. The molecule has 88 heavy (non-hydrogen) atoms. The standard InChI is InChI=1S/C65H99N9O13S/c1-11-13-14-17-31-86-74(63(82)51(42(7)12-2)35-55(77)53-20-15-16-30-73(53)10)54(40(3)4)36-58(87-44(9)75)62-72-52(39-88-62)61(81)71-49(33-45-23-27-50(76)28-24-45)32-43(8)57(79)37-69-65(84)85-38-46-21-25-48(26-22-46)70-60(80)47(19-18-29-68-64(67)83)34-56(78)59(66)41(5)6/h21-28,39-43,47,49,51,53-54,58-59,76H,11-20,29-38,66H2,1-10H3,(H,69,84)(H,70,80)(H,71,81)(H3,67,68,83)/t42?,43-,47+,49+,51-,53+,54+,58+,59-/m0/s1. The van der Waals surface area contributed by atoms with Crippen LogP contribution in [-0.2, 0) is 56.1 Å². The van der Waals surface area contributed by atoms with Crippen LogP contribution in [0, 0.1) is 35.5 Å². The highest BCUT2D eigenvalue weighted by atomic mass is 32.1. The number of primary amides is 1. The lowest BCUT2D eigenvalue weighted by atomic mass is 9.83. The largest absolute Gasteiger partial charge is 0.508 e. The van der Waals surface area contributed by atoms with Crippen LogP contribution in [0.25, 0.3) is 0 Å². The predicted octanol–water partition coefficient (Wildman–Crippen LogP) is 9.12. The number of Topliss-reactive ketones (excluding diaryl/α,β-unsaturated/α-hetero) is 3. The lowest BCUT2D eigenvalue weighted by Gasteiger charge is -2.38. The Bertz CT molecular complexity index is 2720. The first-order chi connectivity index (χ1) is 41.8. The molecular formula is C65H99N9O13S. The molecule has 1 aliphatic rings. The minimum absolute atomic E-state index is 0.0347. The van der Waals surface area contributed by atoms with Crippen LogP contribution in [0.1, 0.15) is 185 Å². The summed E-state index contributed by atoms with van der Waals surface area (Å²) in [5.41, 5.74) is 13.1. The number of carbonyl (C=O) groups is 9. The molecule has 2 heterocycles. The molecular weight excluding hydrogens is 1150 g/mol. The smallest absolute Gasteiger partial charge is 0.407 e. The van der Waals surface area contributed by atoms with Gasteiger partial charge in [-0.1, -0.05) is 112 Å². The van der Waals surface area contributed by atoms with Gasteiger partial charge >= 0.3 is 18.1 Å². The monoisotopic (exact) mass is 1250 g/mol. The van der Waals surface area contributed by atoms with E-state index < -0.39 is 71.9 Å². The van der Waals surface area contributed by atoms with E-state index in [0.717, 1.165) is 62.0 Å². The Morgan fingerprint density at radius 2 is 1.53 bits per heavy atom. The first-order valence-electron chi connectivity index (χ1n) is 31.4. The van der Waals surface area contributed by atoms with Crippen LogP contribution < -0.4 is 32.7 Å². The van der Waals surface area contributed by atoms with Crippen molar-refractivity contribution in [1.29, 1.82) is 0 Å². The van der Waals surface area contributed by atoms with E-state index in [1.165, 1.54) is 24.1 Å². The number of nitrogens with one attached hydrogen (secondary N) is 4. The zero-order chi connectivity index (χ0) is 65.0. The fourth-order valence-corrected chi connectivity index (χ4v) is 11.5. The normalized spacial score (nSPS) is 16.2. The number of amides is 6. The van der Waals surface area contributed by atoms with Crippen molar-refractivity contribution >= 4 is 70.2 Å². The number of likely N-dealkylation sites (tertiary alicyclic amines) is 1. The van der Waals surface area contributed by atoms with Gasteiger partial charge in [-0.2, -0.15) is 0 Å². The van der Waals surface area contributed by atoms with Crippen molar-refractivity contribution in [2.24, 2.45) is 47.0 Å². The van der Waals surface area contributed by atoms with Crippen LogP contribution in [0.3, 0.4) is 0 Å². The molecule has 1 saturated heterocycles. The Morgan fingerprint density at radius 3 is 2.16 bits per heavy atom. The molecule has 0 spiro atoms. The molecule has 0 aliphatic carbocycles. The summed E-state index contributed by atoms with van der Waals surface area (Å²) in [5, 5.41) is 24.2. The number of piperidine rings is 1. The van der Waals surface area contributed by atoms with E-state index in [1.54, 1.807) is 48.7 Å². The molecule has 488 valence electrons. The van der Waals surface area contributed by atoms with Gasteiger partial charge in [-0.3, -0.25) is 43.3 Å². The Hall–Kier alpha value is -6.82. The Balaban J connectivity index is 1.45. The first-order valence-corrected chi connectivity index (χ1v) is 32.2. The number of phenols is 1. The van der Waals surface area contributed by atoms with Gasteiger partial charge in [0.1, 0.15) is 23.1 Å². The summed E-state index contributed by atoms with van der Waals surface area (Å²) in [6.07, 6.45) is 6.37. The van der Waals surface area contributed by atoms with Crippen molar-refractivity contribution in [3.05, 3.63) is 75.7 Å². The summed E-state index contributed by atoms with van der Waals surface area (Å²) in [6.45, 7) is 17.4. The number of alkyl carbamates (subject to hydrolysis) is 1. The molecule has 23 heteroatoms. The number of ether oxygens (including phenoxy) is 2. The molecule has 3 aromatic rings. The third-order valence-electron chi connectivity index (χ3n) is 16.4. The maximum absolute atomic E-state index is 15.1. The predicted molar refractivity (Wildman–Crippen MR) is 338 cm³/mol. The summed E-state index contributed by atoms with van der Waals surface area (Å²) in [4.78, 5) is 133. The highest BCUT2D eigenvalue weighted by Gasteiger charge is 2.40. The number of aromatic nitrogens is 1. The SMILES string of the molecule is CCCCCCON(C(=O)[C@@H](CC(=O)[C@H]1CCCCN1C)C(C)CC)[C@H](C[C@@H](OC(C)=O)c1nc(C(=O)N[C@@H](Cc2ccc(O)cc2)C[C@H](C)C(=O)CNC(=O)OCc2ccc(NC(=O)[C@H](CCCNC(N)=O)CC(=O)[C@@H](N)C(C)C)cc2)cs1)C(C)C. The van der Waals surface area contributed by atoms with Crippen LogP contribution in [0.4, 0.5) is 15.3 Å². The number of hydrogen-bond acceptors (Lipinski definition) is 17. The van der Waals surface area contributed by atoms with Gasteiger partial charge in [-0.25, -0.2) is 19.6 Å². The van der Waals surface area contributed by atoms with Crippen molar-refractivity contribution in [3.63, 3.8) is 0 Å². The van der Waals surface area contributed by atoms with E-state index in [-0.39, 0.29) is 117 Å². The van der Waals surface area contributed by atoms with Crippen LogP contribution in [0.15, 0.2) is 53.9 Å². The molecule has 0 saturated carbocycles. The quantitative estimate of drug-likeness (QED) is 0.0159. The number of ketones is 3. The number of likely N-dealkylation sites (N-methyl/N-ethyl adjacent to an activating group) is 1. The van der Waals surface area contributed by atoms with E-state index in [4.69, 9.17) is 30.8 Å². The second-order valence-corrected chi connectivity index (χ2v) is 25.1. The van der Waals surface area contributed by atoms with Crippen molar-refractivity contribution in [2.45, 2.75) is 196 Å². The molecule has 9 atom stereocenters. The number of benzene rings is 2. The van der Waals surface area contributed by atoms with E-state index >= 15 is 4.79 Å². The van der Waals surface area contributed by atoms with Crippen LogP contribution in [0.2, 0.25) is 0 Å². The van der Waals surface area contributed by atoms with Gasteiger partial charge in [0.15, 0.2) is 23.5 Å². The van der Waals surface area contributed by atoms with E-state index in [9.17, 15) is 43.5 Å². The molecule has 1 aromatic heterocycles. The number of thiazole rings is 1. The summed E-state index contributed by atoms with van der Waals surface area (Å²) < 4.78 is 11.4. The van der Waals surface area contributed by atoms with Gasteiger partial charge in [0, 0.05) is 67.6 Å². The minimum Gasteiger partial charge on any atom is -0.508 e. The molecule has 0 radical (unpaired) electrons. The van der Waals surface area contributed by atoms with Gasteiger partial charge in [-0.15, -0.1) is 11.3 Å². The first kappa shape index (κ1) is 73.6. The molecule has 0 bridgehead atoms. The summed E-state index contributed by atoms with van der Waals surface area (Å²) in [5.74, 6) is -4.85. The van der Waals surface area contributed by atoms with Crippen molar-refractivity contribution in [1.82, 2.24) is 30.9 Å². The molecule has 9 N–H and O–H groups in total. The van der Waals surface area contributed by atoms with Gasteiger partial charge in [0.05, 0.1) is 31.3 Å². The zero-order valence-electron chi connectivity index (χ0n) is 53.4. The topological polar surface area (TPSA) is 321 Å². The number of phenolic OH excluding ortho intramolecular Hbond substituents is 1. The average molecular weight is 1250 g/mol. The number of hydrogen-bond donors (Lipinski definition) is 7. The Kier molecular flexibility index (Phi) is 31.7. The Morgan fingerprint density at radius 1 is 0.841 bits per heavy atom. The molecule has 22 nitrogen and oxygen atoms in total. The fourth-order valence-electron chi connectivity index (χ4n) is 10.7. The van der Waals surface area contributed by atoms with Gasteiger partial charge in [0.2, 0.25) is 11.8 Å². The minimum atomic E-state index is -0.991. The summed E-state index contributed by atoms with van der Waals surface area (Å²) in [7, 11) is 1.96. The number of hydroxylamine groups is 2. The van der Waals surface area contributed by atoms with Crippen molar-refractivity contribution < 1.29 is 62.6 Å². The summed E-state index contributed by atoms with van der Waals surface area (Å²) in [6, 6.07) is 10.0. The molecule has 1 unspecified atom stereocenters. The number of nitrogens with two attached hydrogens (primary N) is 2. The molecule has 1 aliphatic heterocycles. The lowest BCUT2D eigenvalue weighted by Crippen LogP contribution is -2.50. The molecule has 6 amide bonds. The van der Waals surface area contributed by atoms with E-state index in [2.05, 4.69) is 33.1 Å². The fraction of sp³-hybridized carbons (Fsp3) is 0.631. The zero-order valence-corrected chi connectivity index (χ0v) is 54.3. The van der Waals surface area contributed by atoms with Gasteiger partial charge < -0.3 is 47.3 Å². The number of aromatic hydroxyl groups is 1. The number of esters is 1. The van der Waals surface area contributed by atoms with Gasteiger partial charge in [-0.05, 0) is 112 Å². The number of carbonyl (C=O) groups excluding carboxylic acids is 9. The lowest BCUT2D eigenvalue weighted by molar-refractivity contribution is -0.216.